The molecule has 0 bridgehead atoms. The highest BCUT2D eigenvalue weighted by Crippen LogP contribution is 2.66. The van der Waals surface area contributed by atoms with Gasteiger partial charge in [-0.15, -0.1) is 0 Å². The van der Waals surface area contributed by atoms with Gasteiger partial charge in [-0.05, 0) is 106 Å². The molecule has 4 aliphatic carbocycles. The topological polar surface area (TPSA) is 55.4 Å². The highest BCUT2D eigenvalue weighted by Gasteiger charge is 2.59. The van der Waals surface area contributed by atoms with Gasteiger partial charge in [-0.1, -0.05) is 19.9 Å². The molecule has 0 spiro atoms. The molecule has 0 aromatic heterocycles. The third kappa shape index (κ3) is 3.35. The predicted molar refractivity (Wildman–Crippen MR) is 119 cm³/mol. The van der Waals surface area contributed by atoms with Crippen molar-refractivity contribution in [3.63, 3.8) is 0 Å². The Morgan fingerprint density at radius 2 is 1.83 bits per heavy atom. The van der Waals surface area contributed by atoms with Crippen molar-refractivity contribution in [3.8, 4) is 0 Å². The minimum atomic E-state index is -0.181. The Bertz CT molecular complexity index is 804. The molecule has 1 amide bonds. The highest BCUT2D eigenvalue weighted by atomic mass is 16.5. The SMILES string of the molecule is COC(=O)C1=CC2=CC[C@H]3[C@@H]4CC[C@H](C(=O)NC(C)(C)C)[C@@]4(C)CC[C@@H]3[C@@]2(C)CC1. The summed E-state index contributed by atoms with van der Waals surface area (Å²) in [5.41, 5.74) is 2.25. The predicted octanol–water partition coefficient (Wildman–Crippen LogP) is 5.19. The van der Waals surface area contributed by atoms with Crippen LogP contribution < -0.4 is 5.32 Å². The van der Waals surface area contributed by atoms with Gasteiger partial charge in [0.15, 0.2) is 0 Å². The molecule has 0 heterocycles. The lowest BCUT2D eigenvalue weighted by Crippen LogP contribution is -2.52. The van der Waals surface area contributed by atoms with Crippen molar-refractivity contribution in [1.82, 2.24) is 5.32 Å². The van der Waals surface area contributed by atoms with Gasteiger partial charge in [-0.3, -0.25) is 4.79 Å². The highest BCUT2D eigenvalue weighted by molar-refractivity contribution is 5.89. The number of methoxy groups -OCH3 is 1. The molecule has 0 saturated heterocycles. The quantitative estimate of drug-likeness (QED) is 0.634. The molecule has 4 rings (SSSR count). The van der Waals surface area contributed by atoms with E-state index in [9.17, 15) is 9.59 Å². The Morgan fingerprint density at radius 1 is 1.10 bits per heavy atom. The molecule has 0 aromatic rings. The van der Waals surface area contributed by atoms with Crippen LogP contribution in [-0.2, 0) is 14.3 Å². The fraction of sp³-hybridized carbons (Fsp3) is 0.769. The first-order valence-electron chi connectivity index (χ1n) is 11.8. The monoisotopic (exact) mass is 413 g/mol. The Kier molecular flexibility index (Phi) is 5.22. The molecular formula is C26H39NO3. The third-order valence-electron chi connectivity index (χ3n) is 9.03. The van der Waals surface area contributed by atoms with Crippen LogP contribution in [0.2, 0.25) is 0 Å². The molecule has 0 aromatic carbocycles. The van der Waals surface area contributed by atoms with Crippen LogP contribution in [-0.4, -0.2) is 24.5 Å². The zero-order chi connectivity index (χ0) is 21.9. The first kappa shape index (κ1) is 21.6. The molecule has 0 radical (unpaired) electrons. The number of carbonyl (C=O) groups excluding carboxylic acids is 2. The first-order valence-corrected chi connectivity index (χ1v) is 11.8. The van der Waals surface area contributed by atoms with Crippen molar-refractivity contribution in [1.29, 1.82) is 0 Å². The van der Waals surface area contributed by atoms with Gasteiger partial charge in [0.25, 0.3) is 0 Å². The summed E-state index contributed by atoms with van der Waals surface area (Å²) in [5.74, 6) is 2.13. The smallest absolute Gasteiger partial charge is 0.333 e. The van der Waals surface area contributed by atoms with E-state index in [2.05, 4.69) is 52.1 Å². The van der Waals surface area contributed by atoms with E-state index in [1.54, 1.807) is 0 Å². The summed E-state index contributed by atoms with van der Waals surface area (Å²) >= 11 is 0. The molecule has 0 unspecified atom stereocenters. The second kappa shape index (κ2) is 7.24. The first-order chi connectivity index (χ1) is 14.0. The standard InChI is InChI=1S/C26H39NO3/c1-24(2,3)27-22(28)21-10-9-19-18-8-7-17-15-16(23(29)30-6)11-13-25(17,4)20(18)12-14-26(19,21)5/h7,15,18-21H,8-14H2,1-6H3,(H,27,28)/t18-,19-,20-,21+,25-,26-/m0/s1. The van der Waals surface area contributed by atoms with E-state index in [-0.39, 0.29) is 34.2 Å². The maximum atomic E-state index is 13.1. The number of rotatable bonds is 2. The van der Waals surface area contributed by atoms with Crippen molar-refractivity contribution < 1.29 is 14.3 Å². The van der Waals surface area contributed by atoms with Crippen molar-refractivity contribution in [2.24, 2.45) is 34.5 Å². The van der Waals surface area contributed by atoms with Crippen LogP contribution in [0, 0.1) is 34.5 Å². The number of fused-ring (bicyclic) bond motifs is 5. The van der Waals surface area contributed by atoms with E-state index in [0.717, 1.165) is 37.7 Å². The van der Waals surface area contributed by atoms with Crippen molar-refractivity contribution in [3.05, 3.63) is 23.3 Å². The molecule has 2 fully saturated rings. The summed E-state index contributed by atoms with van der Waals surface area (Å²) in [4.78, 5) is 25.2. The number of ether oxygens (including phenoxy) is 1. The second-order valence-corrected chi connectivity index (χ2v) is 11.8. The molecule has 0 aliphatic heterocycles. The van der Waals surface area contributed by atoms with Gasteiger partial charge in [0, 0.05) is 17.0 Å². The van der Waals surface area contributed by atoms with Crippen molar-refractivity contribution >= 4 is 11.9 Å². The van der Waals surface area contributed by atoms with E-state index in [0.29, 0.717) is 17.8 Å². The van der Waals surface area contributed by atoms with E-state index >= 15 is 0 Å². The van der Waals surface area contributed by atoms with E-state index < -0.39 is 0 Å². The normalized spacial score (nSPS) is 40.3. The van der Waals surface area contributed by atoms with Crippen molar-refractivity contribution in [2.75, 3.05) is 7.11 Å². The van der Waals surface area contributed by atoms with Crippen LogP contribution in [0.3, 0.4) is 0 Å². The van der Waals surface area contributed by atoms with Crippen LogP contribution >= 0.6 is 0 Å². The van der Waals surface area contributed by atoms with Crippen molar-refractivity contribution in [2.45, 2.75) is 85.1 Å². The van der Waals surface area contributed by atoms with Crippen LogP contribution in [0.1, 0.15) is 79.6 Å². The fourth-order valence-corrected chi connectivity index (χ4v) is 7.50. The van der Waals surface area contributed by atoms with Gasteiger partial charge < -0.3 is 10.1 Å². The number of amides is 1. The Labute approximate surface area is 181 Å². The summed E-state index contributed by atoms with van der Waals surface area (Å²) in [6, 6.07) is 0. The van der Waals surface area contributed by atoms with Crippen LogP contribution in [0.5, 0.6) is 0 Å². The molecule has 166 valence electrons. The average Bonchev–Trinajstić information content (AvgIpc) is 3.02. The zero-order valence-electron chi connectivity index (χ0n) is 19.6. The molecule has 1 N–H and O–H groups in total. The summed E-state index contributed by atoms with van der Waals surface area (Å²) in [6.07, 6.45) is 11.9. The van der Waals surface area contributed by atoms with Crippen LogP contribution in [0.15, 0.2) is 23.3 Å². The summed E-state index contributed by atoms with van der Waals surface area (Å²) in [7, 11) is 1.47. The van der Waals surface area contributed by atoms with E-state index in [1.807, 2.05) is 0 Å². The number of carbonyl (C=O) groups is 2. The molecule has 4 heteroatoms. The molecule has 2 saturated carbocycles. The lowest BCUT2D eigenvalue weighted by atomic mass is 9.48. The Morgan fingerprint density at radius 3 is 2.50 bits per heavy atom. The maximum absolute atomic E-state index is 13.1. The summed E-state index contributed by atoms with van der Waals surface area (Å²) in [5, 5.41) is 3.26. The number of allylic oxidation sites excluding steroid dienone is 3. The Balaban J connectivity index is 1.59. The van der Waals surface area contributed by atoms with Gasteiger partial charge in [0.05, 0.1) is 7.11 Å². The molecule has 30 heavy (non-hydrogen) atoms. The summed E-state index contributed by atoms with van der Waals surface area (Å²) < 4.78 is 4.98. The lowest BCUT2D eigenvalue weighted by Gasteiger charge is -2.57. The molecule has 4 nitrogen and oxygen atoms in total. The van der Waals surface area contributed by atoms with Crippen LogP contribution in [0.4, 0.5) is 0 Å². The van der Waals surface area contributed by atoms with Gasteiger partial charge in [0.1, 0.15) is 0 Å². The Hall–Kier alpha value is -1.58. The molecular weight excluding hydrogens is 374 g/mol. The number of hydrogen-bond donors (Lipinski definition) is 1. The number of nitrogens with one attached hydrogen (secondary N) is 1. The zero-order valence-corrected chi connectivity index (χ0v) is 19.6. The van der Waals surface area contributed by atoms with E-state index in [4.69, 9.17) is 4.74 Å². The van der Waals surface area contributed by atoms with Gasteiger partial charge in [0.2, 0.25) is 5.91 Å². The fourth-order valence-electron chi connectivity index (χ4n) is 7.50. The number of esters is 1. The maximum Gasteiger partial charge on any atom is 0.333 e. The minimum Gasteiger partial charge on any atom is -0.466 e. The largest absolute Gasteiger partial charge is 0.466 e. The third-order valence-corrected chi connectivity index (χ3v) is 9.03. The van der Waals surface area contributed by atoms with E-state index in [1.165, 1.54) is 25.5 Å². The number of hydrogen-bond acceptors (Lipinski definition) is 3. The molecule has 4 aliphatic rings. The van der Waals surface area contributed by atoms with Gasteiger partial charge in [-0.2, -0.15) is 0 Å². The van der Waals surface area contributed by atoms with Gasteiger partial charge in [-0.25, -0.2) is 4.79 Å². The second-order valence-electron chi connectivity index (χ2n) is 11.8. The van der Waals surface area contributed by atoms with Gasteiger partial charge >= 0.3 is 5.97 Å². The average molecular weight is 414 g/mol. The minimum absolute atomic E-state index is 0.111. The lowest BCUT2D eigenvalue weighted by molar-refractivity contribution is -0.136. The summed E-state index contributed by atoms with van der Waals surface area (Å²) in [6.45, 7) is 11.0. The molecule has 6 atom stereocenters. The van der Waals surface area contributed by atoms with Crippen LogP contribution in [0.25, 0.3) is 0 Å².